The van der Waals surface area contributed by atoms with Gasteiger partial charge in [0.25, 0.3) is 5.91 Å². The summed E-state index contributed by atoms with van der Waals surface area (Å²) in [5.74, 6) is -0.481. The standard InChI is InChI=1S/C22H22N2O3/c25-19-12-11-18-21(26)24(15-17-9-5-2-6-10-17)20(19)22(27)23(18)14-13-16-7-3-1-4-8-16/h1-10,18,20H,11-15H2. The Kier molecular flexibility index (Phi) is 4.75. The highest BCUT2D eigenvalue weighted by Gasteiger charge is 2.51. The first-order valence-corrected chi connectivity index (χ1v) is 9.36. The van der Waals surface area contributed by atoms with Crippen LogP contribution in [0.15, 0.2) is 60.7 Å². The van der Waals surface area contributed by atoms with Crippen molar-refractivity contribution in [3.05, 3.63) is 71.8 Å². The molecule has 3 heterocycles. The molecule has 3 aliphatic heterocycles. The summed E-state index contributed by atoms with van der Waals surface area (Å²) in [5, 5.41) is 0. The van der Waals surface area contributed by atoms with Gasteiger partial charge in [-0.15, -0.1) is 0 Å². The SMILES string of the molecule is O=C1CCC2C(=O)N(Cc3ccccc3)C1C(=O)N2CCc1ccccc1. The van der Waals surface area contributed by atoms with Gasteiger partial charge in [0.1, 0.15) is 6.04 Å². The van der Waals surface area contributed by atoms with Crippen LogP contribution in [0.4, 0.5) is 0 Å². The molecule has 5 nitrogen and oxygen atoms in total. The van der Waals surface area contributed by atoms with Gasteiger partial charge in [0.15, 0.2) is 11.8 Å². The van der Waals surface area contributed by atoms with Gasteiger partial charge in [-0.1, -0.05) is 60.7 Å². The molecule has 0 spiro atoms. The average molecular weight is 362 g/mol. The van der Waals surface area contributed by atoms with E-state index in [1.165, 1.54) is 4.90 Å². The third-order valence-electron chi connectivity index (χ3n) is 5.42. The first kappa shape index (κ1) is 17.5. The fourth-order valence-corrected chi connectivity index (χ4v) is 4.01. The van der Waals surface area contributed by atoms with Crippen LogP contribution in [0, 0.1) is 0 Å². The van der Waals surface area contributed by atoms with Crippen molar-refractivity contribution in [3.8, 4) is 0 Å². The molecule has 3 fully saturated rings. The second kappa shape index (κ2) is 7.35. The fraction of sp³-hybridized carbons (Fsp3) is 0.318. The summed E-state index contributed by atoms with van der Waals surface area (Å²) < 4.78 is 0. The van der Waals surface area contributed by atoms with Crippen LogP contribution in [0.2, 0.25) is 0 Å². The van der Waals surface area contributed by atoms with Crippen molar-refractivity contribution in [3.63, 3.8) is 0 Å². The Balaban J connectivity index is 1.57. The zero-order valence-electron chi connectivity index (χ0n) is 15.1. The zero-order valence-corrected chi connectivity index (χ0v) is 15.1. The highest BCUT2D eigenvalue weighted by Crippen LogP contribution is 2.29. The van der Waals surface area contributed by atoms with Crippen molar-refractivity contribution in [2.24, 2.45) is 0 Å². The van der Waals surface area contributed by atoms with Gasteiger partial charge < -0.3 is 9.80 Å². The summed E-state index contributed by atoms with van der Waals surface area (Å²) in [4.78, 5) is 41.9. The molecule has 2 aromatic rings. The van der Waals surface area contributed by atoms with E-state index >= 15 is 0 Å². The molecule has 2 bridgehead atoms. The Labute approximate surface area is 158 Å². The maximum absolute atomic E-state index is 13.1. The molecule has 3 aliphatic rings. The molecule has 5 heteroatoms. The normalized spacial score (nSPS) is 22.3. The number of benzene rings is 2. The Bertz CT molecular complexity index is 850. The fourth-order valence-electron chi connectivity index (χ4n) is 4.01. The van der Waals surface area contributed by atoms with E-state index in [1.807, 2.05) is 60.7 Å². The number of ketones is 1. The lowest BCUT2D eigenvalue weighted by atomic mass is 10.0. The molecule has 2 amide bonds. The second-order valence-corrected chi connectivity index (χ2v) is 7.14. The Morgan fingerprint density at radius 3 is 2.07 bits per heavy atom. The van der Waals surface area contributed by atoms with E-state index in [9.17, 15) is 14.4 Å². The van der Waals surface area contributed by atoms with Crippen molar-refractivity contribution in [2.45, 2.75) is 37.9 Å². The van der Waals surface area contributed by atoms with Crippen LogP contribution >= 0.6 is 0 Å². The van der Waals surface area contributed by atoms with E-state index in [4.69, 9.17) is 0 Å². The van der Waals surface area contributed by atoms with E-state index in [0.29, 0.717) is 25.9 Å². The summed E-state index contributed by atoms with van der Waals surface area (Å²) in [6.45, 7) is 0.757. The van der Waals surface area contributed by atoms with Crippen molar-refractivity contribution >= 4 is 17.6 Å². The maximum Gasteiger partial charge on any atom is 0.253 e. The van der Waals surface area contributed by atoms with Gasteiger partial charge in [0.05, 0.1) is 0 Å². The third kappa shape index (κ3) is 3.37. The molecule has 0 aliphatic carbocycles. The molecule has 0 radical (unpaired) electrons. The van der Waals surface area contributed by atoms with Gasteiger partial charge in [-0.25, -0.2) is 0 Å². The van der Waals surface area contributed by atoms with E-state index in [2.05, 4.69) is 0 Å². The van der Waals surface area contributed by atoms with Crippen LogP contribution in [0.3, 0.4) is 0 Å². The van der Waals surface area contributed by atoms with Gasteiger partial charge in [-0.05, 0) is 24.0 Å². The van der Waals surface area contributed by atoms with Crippen molar-refractivity contribution < 1.29 is 14.4 Å². The lowest BCUT2D eigenvalue weighted by molar-refractivity contribution is -0.162. The molecule has 27 heavy (non-hydrogen) atoms. The second-order valence-electron chi connectivity index (χ2n) is 7.14. The van der Waals surface area contributed by atoms with Crippen molar-refractivity contribution in [1.82, 2.24) is 9.80 Å². The Morgan fingerprint density at radius 1 is 0.778 bits per heavy atom. The number of nitrogens with zero attached hydrogens (tertiary/aromatic N) is 2. The molecule has 138 valence electrons. The first-order chi connectivity index (χ1) is 13.1. The van der Waals surface area contributed by atoms with E-state index in [0.717, 1.165) is 11.1 Å². The largest absolute Gasteiger partial charge is 0.328 e. The minimum atomic E-state index is -0.979. The van der Waals surface area contributed by atoms with E-state index in [1.54, 1.807) is 4.90 Å². The van der Waals surface area contributed by atoms with Gasteiger partial charge >= 0.3 is 0 Å². The lowest BCUT2D eigenvalue weighted by Crippen LogP contribution is -2.64. The van der Waals surface area contributed by atoms with Gasteiger partial charge in [0, 0.05) is 19.5 Å². The quantitative estimate of drug-likeness (QED) is 0.766. The first-order valence-electron chi connectivity index (χ1n) is 9.36. The van der Waals surface area contributed by atoms with Crippen molar-refractivity contribution in [2.75, 3.05) is 6.54 Å². The Morgan fingerprint density at radius 2 is 1.41 bits per heavy atom. The number of hydrogen-bond acceptors (Lipinski definition) is 3. The summed E-state index contributed by atoms with van der Waals surface area (Å²) in [6, 6.07) is 17.9. The molecule has 0 N–H and O–H groups in total. The number of hydrogen-bond donors (Lipinski definition) is 0. The van der Waals surface area contributed by atoms with Crippen LogP contribution in [-0.4, -0.2) is 46.0 Å². The third-order valence-corrected chi connectivity index (χ3v) is 5.42. The molecular formula is C22H22N2O3. The minimum Gasteiger partial charge on any atom is -0.328 e. The smallest absolute Gasteiger partial charge is 0.253 e. The van der Waals surface area contributed by atoms with Gasteiger partial charge in [-0.2, -0.15) is 0 Å². The predicted octanol–water partition coefficient (Wildman–Crippen LogP) is 2.20. The monoisotopic (exact) mass is 362 g/mol. The molecule has 5 rings (SSSR count). The number of fused-ring (bicyclic) bond motifs is 4. The average Bonchev–Trinajstić information content (AvgIpc) is 2.89. The molecular weight excluding hydrogens is 340 g/mol. The summed E-state index contributed by atoms with van der Waals surface area (Å²) in [5.41, 5.74) is 2.04. The van der Waals surface area contributed by atoms with Crippen LogP contribution in [-0.2, 0) is 27.3 Å². The van der Waals surface area contributed by atoms with E-state index in [-0.39, 0.29) is 24.0 Å². The molecule has 0 aromatic heterocycles. The number of carbonyl (C=O) groups is 3. The number of piperazine rings is 1. The summed E-state index contributed by atoms with van der Waals surface area (Å²) >= 11 is 0. The van der Waals surface area contributed by atoms with Gasteiger partial charge in [0.2, 0.25) is 5.91 Å². The topological polar surface area (TPSA) is 57.7 Å². The zero-order chi connectivity index (χ0) is 18.8. The number of rotatable bonds is 5. The lowest BCUT2D eigenvalue weighted by Gasteiger charge is -2.42. The van der Waals surface area contributed by atoms with Crippen LogP contribution in [0.25, 0.3) is 0 Å². The van der Waals surface area contributed by atoms with E-state index < -0.39 is 12.1 Å². The minimum absolute atomic E-state index is 0.109. The number of Topliss-reactive ketones (excluding diaryl/α,β-unsaturated/α-hetero) is 1. The molecule has 0 saturated carbocycles. The highest BCUT2D eigenvalue weighted by molar-refractivity contribution is 6.13. The Hall–Kier alpha value is -2.95. The van der Waals surface area contributed by atoms with Crippen LogP contribution < -0.4 is 0 Å². The molecule has 2 aromatic carbocycles. The van der Waals surface area contributed by atoms with Crippen LogP contribution in [0.5, 0.6) is 0 Å². The number of carbonyl (C=O) groups excluding carboxylic acids is 3. The van der Waals surface area contributed by atoms with Crippen LogP contribution in [0.1, 0.15) is 24.0 Å². The number of amides is 2. The molecule has 2 atom stereocenters. The predicted molar refractivity (Wildman–Crippen MR) is 101 cm³/mol. The van der Waals surface area contributed by atoms with Gasteiger partial charge in [-0.3, -0.25) is 14.4 Å². The highest BCUT2D eigenvalue weighted by atomic mass is 16.2. The summed E-state index contributed by atoms with van der Waals surface area (Å²) in [6.07, 6.45) is 1.37. The molecule has 2 unspecified atom stereocenters. The summed E-state index contributed by atoms with van der Waals surface area (Å²) in [7, 11) is 0. The van der Waals surface area contributed by atoms with Crippen molar-refractivity contribution in [1.29, 1.82) is 0 Å². The maximum atomic E-state index is 13.1. The molecule has 3 saturated heterocycles.